The molecule has 1 fully saturated rings. The molecule has 106 valence electrons. The van der Waals surface area contributed by atoms with Crippen LogP contribution < -0.4 is 0 Å². The van der Waals surface area contributed by atoms with Crippen LogP contribution in [0.25, 0.3) is 0 Å². The van der Waals surface area contributed by atoms with Crippen molar-refractivity contribution in [3.8, 4) is 0 Å². The quantitative estimate of drug-likeness (QED) is 0.728. The van der Waals surface area contributed by atoms with Crippen molar-refractivity contribution < 1.29 is 4.79 Å². The summed E-state index contributed by atoms with van der Waals surface area (Å²) < 4.78 is 0. The van der Waals surface area contributed by atoms with Gasteiger partial charge in [-0.2, -0.15) is 0 Å². The fourth-order valence-electron chi connectivity index (χ4n) is 1.90. The summed E-state index contributed by atoms with van der Waals surface area (Å²) in [6.45, 7) is 12.9. The van der Waals surface area contributed by atoms with E-state index < -0.39 is 0 Å². The summed E-state index contributed by atoms with van der Waals surface area (Å²) in [5.41, 5.74) is -0.226. The fraction of sp³-hybridized carbons (Fsp3) is 0.929. The average Bonchev–Trinajstić information content (AvgIpc) is 2.34. The van der Waals surface area contributed by atoms with Gasteiger partial charge >= 0.3 is 0 Å². The lowest BCUT2D eigenvalue weighted by molar-refractivity contribution is -0.127. The van der Waals surface area contributed by atoms with Gasteiger partial charge in [-0.1, -0.05) is 20.8 Å². The van der Waals surface area contributed by atoms with Gasteiger partial charge in [0.1, 0.15) is 0 Å². The Labute approximate surface area is 112 Å². The van der Waals surface area contributed by atoms with Crippen molar-refractivity contribution in [2.75, 3.05) is 59.9 Å². The van der Waals surface area contributed by atoms with E-state index >= 15 is 0 Å². The van der Waals surface area contributed by atoms with Crippen LogP contribution in [0, 0.1) is 5.41 Å². The Morgan fingerprint density at radius 1 is 0.889 bits per heavy atom. The lowest BCUT2D eigenvalue weighted by Gasteiger charge is -2.26. The van der Waals surface area contributed by atoms with Gasteiger partial charge in [-0.05, 0) is 14.1 Å². The third kappa shape index (κ3) is 5.46. The zero-order valence-corrected chi connectivity index (χ0v) is 12.7. The Balaban J connectivity index is 2.54. The topological polar surface area (TPSA) is 26.8 Å². The zero-order valence-electron chi connectivity index (χ0n) is 12.7. The minimum absolute atomic E-state index is 0.226. The molecule has 1 heterocycles. The molecule has 0 amide bonds. The van der Waals surface area contributed by atoms with Crippen LogP contribution in [-0.2, 0) is 4.79 Å². The highest BCUT2D eigenvalue weighted by Crippen LogP contribution is 2.15. The number of likely N-dealkylation sites (N-methyl/N-ethyl adjacent to an activating group) is 2. The van der Waals surface area contributed by atoms with Gasteiger partial charge in [-0.25, -0.2) is 0 Å². The van der Waals surface area contributed by atoms with Crippen molar-refractivity contribution in [3.63, 3.8) is 0 Å². The summed E-state index contributed by atoms with van der Waals surface area (Å²) in [7, 11) is 4.31. The Morgan fingerprint density at radius 3 is 1.67 bits per heavy atom. The molecule has 0 aromatic rings. The molecule has 1 aliphatic heterocycles. The predicted molar refractivity (Wildman–Crippen MR) is 75.9 cm³/mol. The summed E-state index contributed by atoms with van der Waals surface area (Å²) in [5, 5.41) is 0. The molecule has 1 aliphatic rings. The highest BCUT2D eigenvalue weighted by atomic mass is 16.1. The van der Waals surface area contributed by atoms with E-state index in [1.165, 1.54) is 0 Å². The number of ketones is 1. The molecule has 1 rings (SSSR count). The maximum atomic E-state index is 12.1. The average molecular weight is 255 g/mol. The Hall–Kier alpha value is -0.450. The van der Waals surface area contributed by atoms with Crippen molar-refractivity contribution in [2.24, 2.45) is 5.41 Å². The Bertz CT molecular complexity index is 259. The largest absolute Gasteiger partial charge is 0.304 e. The van der Waals surface area contributed by atoms with Gasteiger partial charge < -0.3 is 9.80 Å². The molecule has 0 aliphatic carbocycles. The third-order valence-electron chi connectivity index (χ3n) is 3.66. The minimum atomic E-state index is -0.226. The second kappa shape index (κ2) is 6.64. The molecule has 0 aromatic heterocycles. The second-order valence-electron chi connectivity index (χ2n) is 6.56. The summed E-state index contributed by atoms with van der Waals surface area (Å²) in [6, 6.07) is 0. The van der Waals surface area contributed by atoms with E-state index in [1.807, 2.05) is 20.8 Å². The van der Waals surface area contributed by atoms with Crippen LogP contribution in [0.2, 0.25) is 0 Å². The molecular weight excluding hydrogens is 226 g/mol. The highest BCUT2D eigenvalue weighted by Gasteiger charge is 2.24. The first-order valence-electron chi connectivity index (χ1n) is 6.92. The van der Waals surface area contributed by atoms with Crippen LogP contribution in [-0.4, -0.2) is 80.4 Å². The molecule has 0 saturated carbocycles. The molecule has 4 heteroatoms. The van der Waals surface area contributed by atoms with E-state index in [0.717, 1.165) is 39.3 Å². The van der Waals surface area contributed by atoms with Gasteiger partial charge in [0.15, 0.2) is 5.78 Å². The first kappa shape index (κ1) is 15.6. The molecule has 4 nitrogen and oxygen atoms in total. The Kier molecular flexibility index (Phi) is 5.76. The van der Waals surface area contributed by atoms with Crippen molar-refractivity contribution >= 4 is 5.78 Å². The molecule has 1 saturated heterocycles. The van der Waals surface area contributed by atoms with Crippen molar-refractivity contribution in [3.05, 3.63) is 0 Å². The third-order valence-corrected chi connectivity index (χ3v) is 3.66. The van der Waals surface area contributed by atoms with Crippen molar-refractivity contribution in [2.45, 2.75) is 20.8 Å². The van der Waals surface area contributed by atoms with Crippen LogP contribution in [0.1, 0.15) is 20.8 Å². The van der Waals surface area contributed by atoms with Crippen LogP contribution in [0.3, 0.4) is 0 Å². The summed E-state index contributed by atoms with van der Waals surface area (Å²) in [6.07, 6.45) is 0. The SMILES string of the molecule is CN1CCN(C)CCN(CC(=O)C(C)(C)C)CC1. The lowest BCUT2D eigenvalue weighted by atomic mass is 9.90. The molecule has 0 spiro atoms. The van der Waals surface area contributed by atoms with Gasteiger partial charge in [0.2, 0.25) is 0 Å². The van der Waals surface area contributed by atoms with E-state index in [2.05, 4.69) is 28.8 Å². The van der Waals surface area contributed by atoms with Gasteiger partial charge in [0.05, 0.1) is 6.54 Å². The fourth-order valence-corrected chi connectivity index (χ4v) is 1.90. The number of nitrogens with zero attached hydrogens (tertiary/aromatic N) is 3. The van der Waals surface area contributed by atoms with Crippen molar-refractivity contribution in [1.82, 2.24) is 14.7 Å². The summed E-state index contributed by atoms with van der Waals surface area (Å²) in [5.74, 6) is 0.340. The highest BCUT2D eigenvalue weighted by molar-refractivity contribution is 5.85. The first-order valence-corrected chi connectivity index (χ1v) is 6.92. The van der Waals surface area contributed by atoms with Gasteiger partial charge in [-0.15, -0.1) is 0 Å². The molecule has 0 atom stereocenters. The van der Waals surface area contributed by atoms with E-state index in [0.29, 0.717) is 12.3 Å². The van der Waals surface area contributed by atoms with Crippen LogP contribution >= 0.6 is 0 Å². The van der Waals surface area contributed by atoms with E-state index in [1.54, 1.807) is 0 Å². The molecule has 0 aromatic carbocycles. The number of carbonyl (C=O) groups is 1. The molecule has 0 radical (unpaired) electrons. The molecule has 18 heavy (non-hydrogen) atoms. The number of hydrogen-bond donors (Lipinski definition) is 0. The van der Waals surface area contributed by atoms with Crippen LogP contribution in [0.5, 0.6) is 0 Å². The van der Waals surface area contributed by atoms with E-state index in [4.69, 9.17) is 0 Å². The first-order chi connectivity index (χ1) is 8.29. The van der Waals surface area contributed by atoms with Gasteiger partial charge in [-0.3, -0.25) is 9.69 Å². The molecular formula is C14H29N3O. The monoisotopic (exact) mass is 255 g/mol. The van der Waals surface area contributed by atoms with E-state index in [-0.39, 0.29) is 5.41 Å². The Morgan fingerprint density at radius 2 is 1.28 bits per heavy atom. The number of hydrogen-bond acceptors (Lipinski definition) is 4. The van der Waals surface area contributed by atoms with Gasteiger partial charge in [0.25, 0.3) is 0 Å². The van der Waals surface area contributed by atoms with Crippen LogP contribution in [0.4, 0.5) is 0 Å². The number of carbonyl (C=O) groups excluding carboxylic acids is 1. The van der Waals surface area contributed by atoms with Gasteiger partial charge in [0, 0.05) is 44.7 Å². The standard InChI is InChI=1S/C14H29N3O/c1-14(2,3)13(18)12-17-10-8-15(4)6-7-16(5)9-11-17/h6-12H2,1-5H3. The van der Waals surface area contributed by atoms with E-state index in [9.17, 15) is 4.79 Å². The maximum absolute atomic E-state index is 12.1. The predicted octanol–water partition coefficient (Wildman–Crippen LogP) is 0.781. The molecule has 0 bridgehead atoms. The smallest absolute Gasteiger partial charge is 0.152 e. The van der Waals surface area contributed by atoms with Crippen LogP contribution in [0.15, 0.2) is 0 Å². The lowest BCUT2D eigenvalue weighted by Crippen LogP contribution is -2.41. The summed E-state index contributed by atoms with van der Waals surface area (Å²) >= 11 is 0. The number of rotatable bonds is 2. The zero-order chi connectivity index (χ0) is 13.8. The summed E-state index contributed by atoms with van der Waals surface area (Å²) in [4.78, 5) is 19.1. The number of Topliss-reactive ketones (excluding diaryl/α,β-unsaturated/α-hetero) is 1. The maximum Gasteiger partial charge on any atom is 0.152 e. The second-order valence-corrected chi connectivity index (χ2v) is 6.56. The molecule has 0 N–H and O–H groups in total. The molecule has 0 unspecified atom stereocenters. The minimum Gasteiger partial charge on any atom is -0.304 e. The van der Waals surface area contributed by atoms with Crippen molar-refractivity contribution in [1.29, 1.82) is 0 Å². The normalized spacial score (nSPS) is 22.3.